The Morgan fingerprint density at radius 1 is 1.21 bits per heavy atom. The molecule has 2 N–H and O–H groups in total. The van der Waals surface area contributed by atoms with Crippen LogP contribution in [0.2, 0.25) is 0 Å². The zero-order chi connectivity index (χ0) is 13.5. The Labute approximate surface area is 118 Å². The maximum atomic E-state index is 3.63. The third kappa shape index (κ3) is 4.45. The van der Waals surface area contributed by atoms with E-state index < -0.39 is 0 Å². The van der Waals surface area contributed by atoms with Crippen LogP contribution in [0.15, 0.2) is 18.2 Å². The van der Waals surface area contributed by atoms with E-state index in [0.717, 1.165) is 13.0 Å². The second kappa shape index (κ2) is 7.42. The normalized spacial score (nSPS) is 14.8. The number of fused-ring (bicyclic) bond motifs is 1. The fraction of sp³-hybridized carbons (Fsp3) is 0.647. The zero-order valence-electron chi connectivity index (χ0n) is 12.5. The molecule has 2 heteroatoms. The molecule has 2 nitrogen and oxygen atoms in total. The lowest BCUT2D eigenvalue weighted by Crippen LogP contribution is -2.14. The Bertz CT molecular complexity index is 387. The molecule has 0 amide bonds. The molecular weight excluding hydrogens is 232 g/mol. The van der Waals surface area contributed by atoms with Gasteiger partial charge < -0.3 is 10.6 Å². The van der Waals surface area contributed by atoms with Crippen LogP contribution in [-0.2, 0) is 6.42 Å². The third-order valence-corrected chi connectivity index (χ3v) is 3.97. The SMILES string of the molecule is CCCCCCC[C@@H](C)Nc1ccc2c(c1)CCN2. The molecule has 0 aliphatic carbocycles. The number of benzene rings is 1. The minimum Gasteiger partial charge on any atom is -0.384 e. The van der Waals surface area contributed by atoms with Gasteiger partial charge in [-0.05, 0) is 43.5 Å². The molecule has 0 saturated carbocycles. The van der Waals surface area contributed by atoms with Gasteiger partial charge in [0.15, 0.2) is 0 Å². The van der Waals surface area contributed by atoms with Gasteiger partial charge in [0.05, 0.1) is 0 Å². The fourth-order valence-corrected chi connectivity index (χ4v) is 2.81. The largest absolute Gasteiger partial charge is 0.384 e. The maximum Gasteiger partial charge on any atom is 0.0375 e. The van der Waals surface area contributed by atoms with Crippen molar-refractivity contribution in [3.63, 3.8) is 0 Å². The Morgan fingerprint density at radius 2 is 2.05 bits per heavy atom. The molecule has 1 aliphatic heterocycles. The van der Waals surface area contributed by atoms with Gasteiger partial charge in [-0.2, -0.15) is 0 Å². The Morgan fingerprint density at radius 3 is 2.89 bits per heavy atom. The molecule has 0 bridgehead atoms. The Balaban J connectivity index is 1.71. The van der Waals surface area contributed by atoms with Gasteiger partial charge in [-0.25, -0.2) is 0 Å². The van der Waals surface area contributed by atoms with Crippen LogP contribution in [0.4, 0.5) is 11.4 Å². The van der Waals surface area contributed by atoms with Crippen LogP contribution in [0.5, 0.6) is 0 Å². The lowest BCUT2D eigenvalue weighted by molar-refractivity contribution is 0.578. The summed E-state index contributed by atoms with van der Waals surface area (Å²) < 4.78 is 0. The molecule has 0 spiro atoms. The van der Waals surface area contributed by atoms with E-state index in [2.05, 4.69) is 42.7 Å². The summed E-state index contributed by atoms with van der Waals surface area (Å²) in [4.78, 5) is 0. The van der Waals surface area contributed by atoms with Gasteiger partial charge in [0, 0.05) is 24.0 Å². The van der Waals surface area contributed by atoms with E-state index in [-0.39, 0.29) is 0 Å². The molecular formula is C17H28N2. The molecule has 2 rings (SSSR count). The molecule has 1 aromatic rings. The van der Waals surface area contributed by atoms with Gasteiger partial charge in [0.25, 0.3) is 0 Å². The first-order chi connectivity index (χ1) is 9.29. The van der Waals surface area contributed by atoms with Crippen LogP contribution in [0.1, 0.15) is 57.9 Å². The highest BCUT2D eigenvalue weighted by Crippen LogP contribution is 2.25. The van der Waals surface area contributed by atoms with Crippen molar-refractivity contribution in [3.8, 4) is 0 Å². The number of rotatable bonds is 8. The maximum absolute atomic E-state index is 3.63. The van der Waals surface area contributed by atoms with Crippen LogP contribution in [0.3, 0.4) is 0 Å². The predicted molar refractivity (Wildman–Crippen MR) is 85.1 cm³/mol. The number of nitrogens with one attached hydrogen (secondary N) is 2. The first-order valence-corrected chi connectivity index (χ1v) is 7.93. The first-order valence-electron chi connectivity index (χ1n) is 7.93. The number of unbranched alkanes of at least 4 members (excludes halogenated alkanes) is 4. The summed E-state index contributed by atoms with van der Waals surface area (Å²) in [6.07, 6.45) is 9.29. The monoisotopic (exact) mass is 260 g/mol. The van der Waals surface area contributed by atoms with Gasteiger partial charge in [0.2, 0.25) is 0 Å². The third-order valence-electron chi connectivity index (χ3n) is 3.97. The number of hydrogen-bond acceptors (Lipinski definition) is 2. The van der Waals surface area contributed by atoms with E-state index in [0.29, 0.717) is 6.04 Å². The highest BCUT2D eigenvalue weighted by molar-refractivity contribution is 5.62. The summed E-state index contributed by atoms with van der Waals surface area (Å²) in [5.41, 5.74) is 4.06. The Hall–Kier alpha value is -1.18. The van der Waals surface area contributed by atoms with Crippen molar-refractivity contribution in [1.29, 1.82) is 0 Å². The second-order valence-corrected chi connectivity index (χ2v) is 5.80. The predicted octanol–water partition coefficient (Wildman–Crippen LogP) is 4.82. The summed E-state index contributed by atoms with van der Waals surface area (Å²) in [6.45, 7) is 5.66. The van der Waals surface area contributed by atoms with Crippen LogP contribution in [-0.4, -0.2) is 12.6 Å². The first kappa shape index (κ1) is 14.2. The molecule has 106 valence electrons. The van der Waals surface area contributed by atoms with Crippen molar-refractivity contribution in [1.82, 2.24) is 0 Å². The molecule has 0 radical (unpaired) electrons. The topological polar surface area (TPSA) is 24.1 Å². The molecule has 0 unspecified atom stereocenters. The molecule has 1 atom stereocenters. The van der Waals surface area contributed by atoms with Crippen molar-refractivity contribution >= 4 is 11.4 Å². The lowest BCUT2D eigenvalue weighted by atomic mass is 10.1. The molecule has 1 aliphatic rings. The van der Waals surface area contributed by atoms with Crippen molar-refractivity contribution in [2.45, 2.75) is 64.8 Å². The number of hydrogen-bond donors (Lipinski definition) is 2. The van der Waals surface area contributed by atoms with Crippen LogP contribution in [0.25, 0.3) is 0 Å². The summed E-state index contributed by atoms with van der Waals surface area (Å²) >= 11 is 0. The average Bonchev–Trinajstić information content (AvgIpc) is 2.86. The molecule has 1 heterocycles. The van der Waals surface area contributed by atoms with Gasteiger partial charge in [-0.3, -0.25) is 0 Å². The highest BCUT2D eigenvalue weighted by Gasteiger charge is 2.10. The quantitative estimate of drug-likeness (QED) is 0.655. The van der Waals surface area contributed by atoms with Gasteiger partial charge >= 0.3 is 0 Å². The standard InChI is InChI=1S/C17H28N2/c1-3-4-5-6-7-8-14(2)19-16-9-10-17-15(13-16)11-12-18-17/h9-10,13-14,18-19H,3-8,11-12H2,1-2H3/t14-/m1/s1. The van der Waals surface area contributed by atoms with Crippen molar-refractivity contribution in [2.24, 2.45) is 0 Å². The molecule has 0 saturated heterocycles. The van der Waals surface area contributed by atoms with E-state index in [1.54, 1.807) is 0 Å². The number of anilines is 2. The van der Waals surface area contributed by atoms with E-state index in [1.165, 1.54) is 55.5 Å². The van der Waals surface area contributed by atoms with Crippen molar-refractivity contribution < 1.29 is 0 Å². The van der Waals surface area contributed by atoms with Crippen molar-refractivity contribution in [3.05, 3.63) is 23.8 Å². The minimum absolute atomic E-state index is 0.578. The molecule has 19 heavy (non-hydrogen) atoms. The highest BCUT2D eigenvalue weighted by atomic mass is 14.9. The smallest absolute Gasteiger partial charge is 0.0375 e. The molecule has 1 aromatic carbocycles. The van der Waals surface area contributed by atoms with Gasteiger partial charge in [-0.1, -0.05) is 39.0 Å². The fourth-order valence-electron chi connectivity index (χ4n) is 2.81. The van der Waals surface area contributed by atoms with E-state index in [9.17, 15) is 0 Å². The van der Waals surface area contributed by atoms with Crippen LogP contribution < -0.4 is 10.6 Å². The summed E-state index contributed by atoms with van der Waals surface area (Å²) in [5.74, 6) is 0. The second-order valence-electron chi connectivity index (χ2n) is 5.80. The van der Waals surface area contributed by atoms with Gasteiger partial charge in [-0.15, -0.1) is 0 Å². The zero-order valence-corrected chi connectivity index (χ0v) is 12.5. The van der Waals surface area contributed by atoms with E-state index in [1.807, 2.05) is 0 Å². The van der Waals surface area contributed by atoms with Crippen LogP contribution >= 0.6 is 0 Å². The van der Waals surface area contributed by atoms with Crippen molar-refractivity contribution in [2.75, 3.05) is 17.2 Å². The minimum atomic E-state index is 0.578. The van der Waals surface area contributed by atoms with Gasteiger partial charge in [0.1, 0.15) is 0 Å². The Kier molecular flexibility index (Phi) is 5.56. The van der Waals surface area contributed by atoms with E-state index in [4.69, 9.17) is 0 Å². The average molecular weight is 260 g/mol. The summed E-state index contributed by atoms with van der Waals surface area (Å²) in [7, 11) is 0. The summed E-state index contributed by atoms with van der Waals surface area (Å²) in [6, 6.07) is 7.29. The van der Waals surface area contributed by atoms with Crippen LogP contribution in [0, 0.1) is 0 Å². The molecule has 0 aromatic heterocycles. The molecule has 0 fully saturated rings. The van der Waals surface area contributed by atoms with E-state index >= 15 is 0 Å². The summed E-state index contributed by atoms with van der Waals surface area (Å²) in [5, 5.41) is 7.04. The lowest BCUT2D eigenvalue weighted by Gasteiger charge is -2.16.